The summed E-state index contributed by atoms with van der Waals surface area (Å²) in [5, 5.41) is 0. The zero-order chi connectivity index (χ0) is 10.2. The lowest BCUT2D eigenvalue weighted by molar-refractivity contribution is -0.147. The van der Waals surface area contributed by atoms with Crippen LogP contribution in [0.2, 0.25) is 0 Å². The number of Topliss-reactive ketones (excluding diaryl/α,β-unsaturated/α-hetero) is 3. The Labute approximate surface area is 76.8 Å². The molecule has 70 valence electrons. The van der Waals surface area contributed by atoms with Gasteiger partial charge in [0.25, 0.3) is 0 Å². The van der Waals surface area contributed by atoms with Crippen LogP contribution in [0, 0.1) is 17.8 Å². The van der Waals surface area contributed by atoms with Crippen molar-refractivity contribution in [1.29, 1.82) is 0 Å². The molecule has 0 N–H and O–H groups in total. The van der Waals surface area contributed by atoms with Crippen LogP contribution in [0.5, 0.6) is 0 Å². The summed E-state index contributed by atoms with van der Waals surface area (Å²) in [6, 6.07) is 0. The van der Waals surface area contributed by atoms with Crippen LogP contribution in [-0.4, -0.2) is 17.3 Å². The first-order chi connectivity index (χ1) is 6.00. The Bertz CT molecular complexity index is 267. The highest BCUT2D eigenvalue weighted by molar-refractivity contribution is 6.24. The highest BCUT2D eigenvalue weighted by Gasteiger charge is 2.43. The van der Waals surface area contributed by atoms with E-state index in [0.29, 0.717) is 0 Å². The van der Waals surface area contributed by atoms with E-state index in [-0.39, 0.29) is 17.3 Å². The first-order valence-electron chi connectivity index (χ1n) is 4.24. The van der Waals surface area contributed by atoms with Gasteiger partial charge in [0.2, 0.25) is 0 Å². The fourth-order valence-corrected chi connectivity index (χ4v) is 1.57. The molecule has 1 aliphatic carbocycles. The predicted molar refractivity (Wildman–Crippen MR) is 47.0 cm³/mol. The van der Waals surface area contributed by atoms with Gasteiger partial charge in [0.15, 0.2) is 17.3 Å². The van der Waals surface area contributed by atoms with Crippen molar-refractivity contribution in [3.05, 3.63) is 12.7 Å². The lowest BCUT2D eigenvalue weighted by atomic mass is 9.74. The van der Waals surface area contributed by atoms with Crippen LogP contribution in [-0.2, 0) is 14.4 Å². The third-order valence-electron chi connectivity index (χ3n) is 2.56. The Morgan fingerprint density at radius 1 is 1.00 bits per heavy atom. The largest absolute Gasteiger partial charge is 0.298 e. The molecule has 0 aromatic carbocycles. The Morgan fingerprint density at radius 2 is 1.38 bits per heavy atom. The van der Waals surface area contributed by atoms with Gasteiger partial charge in [-0.15, -0.1) is 6.58 Å². The summed E-state index contributed by atoms with van der Waals surface area (Å²) in [5.74, 6) is -2.99. The summed E-state index contributed by atoms with van der Waals surface area (Å²) < 4.78 is 0. The van der Waals surface area contributed by atoms with Crippen LogP contribution in [0.15, 0.2) is 12.7 Å². The number of hydrogen-bond donors (Lipinski definition) is 0. The molecule has 1 saturated carbocycles. The number of allylic oxidation sites excluding steroid dienone is 1. The van der Waals surface area contributed by atoms with Crippen molar-refractivity contribution < 1.29 is 14.4 Å². The molecule has 0 aliphatic heterocycles. The number of ketones is 3. The van der Waals surface area contributed by atoms with E-state index >= 15 is 0 Å². The molecular formula is C10H12O3. The fraction of sp³-hybridized carbons (Fsp3) is 0.500. The fourth-order valence-electron chi connectivity index (χ4n) is 1.57. The normalized spacial score (nSPS) is 34.9. The van der Waals surface area contributed by atoms with Crippen LogP contribution in [0.3, 0.4) is 0 Å². The summed E-state index contributed by atoms with van der Waals surface area (Å²) in [6.45, 7) is 6.52. The average Bonchev–Trinajstić information content (AvgIpc) is 2.13. The van der Waals surface area contributed by atoms with Crippen molar-refractivity contribution in [1.82, 2.24) is 0 Å². The van der Waals surface area contributed by atoms with E-state index < -0.39 is 17.8 Å². The Hall–Kier alpha value is -1.25. The van der Waals surface area contributed by atoms with Gasteiger partial charge < -0.3 is 0 Å². The standard InChI is InChI=1S/C10H12O3/c1-4-7-9(12)5(2)8(11)6(3)10(7)13/h4-7H,1H2,2-3H3. The summed E-state index contributed by atoms with van der Waals surface area (Å²) in [7, 11) is 0. The third kappa shape index (κ3) is 1.34. The molecule has 1 rings (SSSR count). The maximum atomic E-state index is 11.4. The van der Waals surface area contributed by atoms with Gasteiger partial charge in [0.05, 0.1) is 17.8 Å². The van der Waals surface area contributed by atoms with E-state index in [4.69, 9.17) is 0 Å². The molecule has 13 heavy (non-hydrogen) atoms. The monoisotopic (exact) mass is 180 g/mol. The van der Waals surface area contributed by atoms with Crippen molar-refractivity contribution in [2.45, 2.75) is 13.8 Å². The lowest BCUT2D eigenvalue weighted by Crippen LogP contribution is -2.45. The van der Waals surface area contributed by atoms with Gasteiger partial charge in [-0.1, -0.05) is 6.08 Å². The Kier molecular flexibility index (Phi) is 2.45. The van der Waals surface area contributed by atoms with Crippen LogP contribution in [0.1, 0.15) is 13.8 Å². The van der Waals surface area contributed by atoms with E-state index in [1.807, 2.05) is 0 Å². The minimum atomic E-state index is -0.775. The zero-order valence-electron chi connectivity index (χ0n) is 7.74. The van der Waals surface area contributed by atoms with Gasteiger partial charge in [0.1, 0.15) is 0 Å². The third-order valence-corrected chi connectivity index (χ3v) is 2.56. The molecule has 0 radical (unpaired) electrons. The van der Waals surface area contributed by atoms with Gasteiger partial charge in [-0.3, -0.25) is 14.4 Å². The molecule has 1 fully saturated rings. The summed E-state index contributed by atoms with van der Waals surface area (Å²) in [6.07, 6.45) is 1.32. The average molecular weight is 180 g/mol. The first-order valence-corrected chi connectivity index (χ1v) is 4.24. The molecule has 0 heterocycles. The summed E-state index contributed by atoms with van der Waals surface area (Å²) >= 11 is 0. The number of carbonyl (C=O) groups is 3. The number of hydrogen-bond acceptors (Lipinski definition) is 3. The lowest BCUT2D eigenvalue weighted by Gasteiger charge is -2.25. The van der Waals surface area contributed by atoms with Crippen LogP contribution in [0.4, 0.5) is 0 Å². The van der Waals surface area contributed by atoms with Crippen molar-refractivity contribution >= 4 is 17.3 Å². The Balaban J connectivity index is 3.05. The van der Waals surface area contributed by atoms with Crippen molar-refractivity contribution in [2.24, 2.45) is 17.8 Å². The molecule has 2 unspecified atom stereocenters. The highest BCUT2D eigenvalue weighted by atomic mass is 16.2. The van der Waals surface area contributed by atoms with E-state index in [2.05, 4.69) is 6.58 Å². The summed E-state index contributed by atoms with van der Waals surface area (Å²) in [5.41, 5.74) is 0. The second-order valence-electron chi connectivity index (χ2n) is 3.36. The van der Waals surface area contributed by atoms with E-state index in [1.54, 1.807) is 13.8 Å². The molecule has 0 bridgehead atoms. The predicted octanol–water partition coefficient (Wildman–Crippen LogP) is 0.782. The van der Waals surface area contributed by atoms with Crippen LogP contribution < -0.4 is 0 Å². The molecule has 0 spiro atoms. The molecule has 0 saturated heterocycles. The maximum Gasteiger partial charge on any atom is 0.157 e. The van der Waals surface area contributed by atoms with Crippen molar-refractivity contribution in [3.8, 4) is 0 Å². The van der Waals surface area contributed by atoms with Crippen molar-refractivity contribution in [2.75, 3.05) is 0 Å². The highest BCUT2D eigenvalue weighted by Crippen LogP contribution is 2.24. The van der Waals surface area contributed by atoms with Crippen LogP contribution in [0.25, 0.3) is 0 Å². The van der Waals surface area contributed by atoms with Gasteiger partial charge in [-0.25, -0.2) is 0 Å². The van der Waals surface area contributed by atoms with Crippen molar-refractivity contribution in [3.63, 3.8) is 0 Å². The second kappa shape index (κ2) is 3.24. The van der Waals surface area contributed by atoms with Gasteiger partial charge >= 0.3 is 0 Å². The van der Waals surface area contributed by atoms with E-state index in [0.717, 1.165) is 0 Å². The quantitative estimate of drug-likeness (QED) is 0.442. The van der Waals surface area contributed by atoms with Crippen LogP contribution >= 0.6 is 0 Å². The summed E-state index contributed by atoms with van der Waals surface area (Å²) in [4.78, 5) is 34.2. The second-order valence-corrected chi connectivity index (χ2v) is 3.36. The molecule has 1 aliphatic rings. The van der Waals surface area contributed by atoms with E-state index in [9.17, 15) is 14.4 Å². The molecule has 2 atom stereocenters. The molecule has 0 aromatic rings. The molecule has 3 heteroatoms. The zero-order valence-corrected chi connectivity index (χ0v) is 7.74. The molecule has 0 amide bonds. The molecule has 0 aromatic heterocycles. The minimum Gasteiger partial charge on any atom is -0.298 e. The number of rotatable bonds is 1. The van der Waals surface area contributed by atoms with Gasteiger partial charge in [-0.05, 0) is 13.8 Å². The van der Waals surface area contributed by atoms with E-state index in [1.165, 1.54) is 6.08 Å². The topological polar surface area (TPSA) is 51.2 Å². The SMILES string of the molecule is C=CC1C(=O)C(C)C(=O)C(C)C1=O. The van der Waals surface area contributed by atoms with Gasteiger partial charge in [0, 0.05) is 0 Å². The smallest absolute Gasteiger partial charge is 0.157 e. The maximum absolute atomic E-state index is 11.4. The van der Waals surface area contributed by atoms with Gasteiger partial charge in [-0.2, -0.15) is 0 Å². The first kappa shape index (κ1) is 9.84. The number of carbonyl (C=O) groups excluding carboxylic acids is 3. The molecular weight excluding hydrogens is 168 g/mol. The molecule has 3 nitrogen and oxygen atoms in total. The Morgan fingerprint density at radius 3 is 1.69 bits per heavy atom. The minimum absolute atomic E-state index is 0.270.